The Hall–Kier alpha value is -1.97. The number of carbonyl (C=O) groups excluding carboxylic acids is 2. The van der Waals surface area contributed by atoms with Crippen molar-refractivity contribution in [1.82, 2.24) is 4.98 Å². The molecule has 0 saturated carbocycles. The molecule has 1 heterocycles. The van der Waals surface area contributed by atoms with E-state index in [1.165, 1.54) is 6.08 Å². The fourth-order valence-corrected chi connectivity index (χ4v) is 1.26. The van der Waals surface area contributed by atoms with Gasteiger partial charge in [0.15, 0.2) is 5.78 Å². The molecule has 0 amide bonds. The molecule has 90 valence electrons. The molecule has 0 spiro atoms. The van der Waals surface area contributed by atoms with Gasteiger partial charge in [-0.25, -0.2) is 4.79 Å². The van der Waals surface area contributed by atoms with Crippen LogP contribution >= 0.6 is 0 Å². The Kier molecular flexibility index (Phi) is 5.07. The average Bonchev–Trinajstić information content (AvgIpc) is 2.36. The molecule has 0 radical (unpaired) electrons. The molecular formula is C13H15NO3. The van der Waals surface area contributed by atoms with E-state index < -0.39 is 5.97 Å². The number of Topliss-reactive ketones (excluding diaryl/α,β-unsaturated/α-hetero) is 1. The van der Waals surface area contributed by atoms with E-state index in [0.29, 0.717) is 5.69 Å². The van der Waals surface area contributed by atoms with Crippen LogP contribution in [0.25, 0.3) is 6.08 Å². The summed E-state index contributed by atoms with van der Waals surface area (Å²) in [6.45, 7) is 3.65. The summed E-state index contributed by atoms with van der Waals surface area (Å²) < 4.78 is 4.84. The number of esters is 1. The molecule has 0 unspecified atom stereocenters. The summed E-state index contributed by atoms with van der Waals surface area (Å²) in [7, 11) is 0. The van der Waals surface area contributed by atoms with Gasteiger partial charge in [0.25, 0.3) is 0 Å². The summed E-state index contributed by atoms with van der Waals surface area (Å²) in [6.07, 6.45) is 3.33. The zero-order valence-corrected chi connectivity index (χ0v) is 9.97. The lowest BCUT2D eigenvalue weighted by molar-refractivity contribution is -0.139. The minimum atomic E-state index is -0.593. The Balaban J connectivity index is 3.02. The molecule has 17 heavy (non-hydrogen) atoms. The third-order valence-electron chi connectivity index (χ3n) is 2.10. The first-order chi connectivity index (χ1) is 8.19. The van der Waals surface area contributed by atoms with E-state index in [1.54, 1.807) is 38.2 Å². The lowest BCUT2D eigenvalue weighted by Gasteiger charge is -2.04. The second kappa shape index (κ2) is 6.58. The number of carbonyl (C=O) groups is 2. The number of nitrogens with zero attached hydrogens (tertiary/aromatic N) is 1. The van der Waals surface area contributed by atoms with Crippen molar-refractivity contribution >= 4 is 17.8 Å². The summed E-state index contributed by atoms with van der Waals surface area (Å²) >= 11 is 0. The van der Waals surface area contributed by atoms with Crippen molar-refractivity contribution in [3.05, 3.63) is 35.7 Å². The number of ether oxygens (including phenoxy) is 1. The fraction of sp³-hybridized carbons (Fsp3) is 0.308. The molecule has 0 aromatic carbocycles. The van der Waals surface area contributed by atoms with E-state index in [-0.39, 0.29) is 24.4 Å². The van der Waals surface area contributed by atoms with Gasteiger partial charge in [-0.2, -0.15) is 0 Å². The van der Waals surface area contributed by atoms with Crippen LogP contribution in [-0.4, -0.2) is 23.3 Å². The van der Waals surface area contributed by atoms with Crippen molar-refractivity contribution in [2.75, 3.05) is 6.61 Å². The van der Waals surface area contributed by atoms with E-state index >= 15 is 0 Å². The Morgan fingerprint density at radius 3 is 2.65 bits per heavy atom. The largest absolute Gasteiger partial charge is 0.462 e. The summed E-state index contributed by atoms with van der Waals surface area (Å²) in [4.78, 5) is 27.3. The maximum absolute atomic E-state index is 11.6. The summed E-state index contributed by atoms with van der Waals surface area (Å²) in [5.74, 6) is -0.834. The van der Waals surface area contributed by atoms with Gasteiger partial charge in [0.05, 0.1) is 12.3 Å². The fourth-order valence-electron chi connectivity index (χ4n) is 1.26. The van der Waals surface area contributed by atoms with E-state index in [9.17, 15) is 9.59 Å². The summed E-state index contributed by atoms with van der Waals surface area (Å²) in [5, 5.41) is 0. The number of rotatable bonds is 5. The van der Waals surface area contributed by atoms with Crippen LogP contribution < -0.4 is 0 Å². The van der Waals surface area contributed by atoms with Crippen molar-refractivity contribution in [1.29, 1.82) is 0 Å². The zero-order valence-electron chi connectivity index (χ0n) is 9.97. The van der Waals surface area contributed by atoms with Crippen LogP contribution in [0.4, 0.5) is 0 Å². The first-order valence-corrected chi connectivity index (χ1v) is 5.52. The number of pyridine rings is 1. The van der Waals surface area contributed by atoms with E-state index in [1.807, 2.05) is 0 Å². The van der Waals surface area contributed by atoms with Crippen LogP contribution in [0.2, 0.25) is 0 Å². The maximum Gasteiger partial charge on any atom is 0.341 e. The van der Waals surface area contributed by atoms with Crippen LogP contribution in [0.3, 0.4) is 0 Å². The molecule has 0 bridgehead atoms. The number of hydrogen-bond acceptors (Lipinski definition) is 4. The highest BCUT2D eigenvalue weighted by atomic mass is 16.5. The molecule has 1 rings (SSSR count). The van der Waals surface area contributed by atoms with Crippen molar-refractivity contribution in [3.63, 3.8) is 0 Å². The van der Waals surface area contributed by atoms with Crippen molar-refractivity contribution in [2.45, 2.75) is 20.3 Å². The van der Waals surface area contributed by atoms with Gasteiger partial charge in [-0.3, -0.25) is 9.78 Å². The van der Waals surface area contributed by atoms with Crippen LogP contribution in [0, 0.1) is 0 Å². The molecule has 4 nitrogen and oxygen atoms in total. The lowest BCUT2D eigenvalue weighted by atomic mass is 10.1. The lowest BCUT2D eigenvalue weighted by Crippen LogP contribution is -2.15. The monoisotopic (exact) mass is 233 g/mol. The van der Waals surface area contributed by atoms with E-state index in [2.05, 4.69) is 4.98 Å². The molecule has 4 heteroatoms. The predicted octanol–water partition coefficient (Wildman–Crippen LogP) is 2.01. The minimum Gasteiger partial charge on any atom is -0.462 e. The maximum atomic E-state index is 11.6. The second-order valence-corrected chi connectivity index (χ2v) is 3.31. The quantitative estimate of drug-likeness (QED) is 0.338. The van der Waals surface area contributed by atoms with Crippen LogP contribution in [-0.2, 0) is 14.3 Å². The molecule has 0 saturated heterocycles. The predicted molar refractivity (Wildman–Crippen MR) is 64.1 cm³/mol. The highest BCUT2D eigenvalue weighted by Gasteiger charge is 2.17. The van der Waals surface area contributed by atoms with Gasteiger partial charge in [-0.1, -0.05) is 13.0 Å². The Bertz CT molecular complexity index is 424. The smallest absolute Gasteiger partial charge is 0.341 e. The van der Waals surface area contributed by atoms with Crippen molar-refractivity contribution in [2.24, 2.45) is 0 Å². The van der Waals surface area contributed by atoms with Gasteiger partial charge in [0, 0.05) is 12.6 Å². The number of ketones is 1. The molecule has 1 aromatic rings. The van der Waals surface area contributed by atoms with Crippen LogP contribution in [0.1, 0.15) is 26.0 Å². The Morgan fingerprint density at radius 1 is 1.35 bits per heavy atom. The Morgan fingerprint density at radius 2 is 2.12 bits per heavy atom. The van der Waals surface area contributed by atoms with Gasteiger partial charge < -0.3 is 4.74 Å². The topological polar surface area (TPSA) is 56.3 Å². The van der Waals surface area contributed by atoms with Gasteiger partial charge in [0.1, 0.15) is 5.57 Å². The molecule has 0 aliphatic carbocycles. The van der Waals surface area contributed by atoms with Crippen LogP contribution in [0.5, 0.6) is 0 Å². The Labute approximate surface area is 100 Å². The van der Waals surface area contributed by atoms with Gasteiger partial charge in [-0.15, -0.1) is 0 Å². The van der Waals surface area contributed by atoms with Crippen molar-refractivity contribution in [3.8, 4) is 0 Å². The minimum absolute atomic E-state index is 0.0491. The van der Waals surface area contributed by atoms with E-state index in [0.717, 1.165) is 0 Å². The summed E-state index contributed by atoms with van der Waals surface area (Å²) in [5.41, 5.74) is 0.616. The summed E-state index contributed by atoms with van der Waals surface area (Å²) in [6, 6.07) is 5.28. The van der Waals surface area contributed by atoms with Crippen molar-refractivity contribution < 1.29 is 14.3 Å². The highest BCUT2D eigenvalue weighted by Crippen LogP contribution is 2.09. The first-order valence-electron chi connectivity index (χ1n) is 5.52. The van der Waals surface area contributed by atoms with Gasteiger partial charge in [-0.05, 0) is 25.1 Å². The molecule has 1 aromatic heterocycles. The number of aromatic nitrogens is 1. The molecule has 0 aliphatic rings. The number of hydrogen-bond donors (Lipinski definition) is 0. The normalized spacial score (nSPS) is 11.1. The third kappa shape index (κ3) is 3.83. The molecule has 0 atom stereocenters. The molecule has 0 N–H and O–H groups in total. The third-order valence-corrected chi connectivity index (χ3v) is 2.10. The SMILES string of the molecule is CCOC(=O)C(=Cc1ccccn1)C(=O)CC. The highest BCUT2D eigenvalue weighted by molar-refractivity contribution is 6.20. The molecular weight excluding hydrogens is 218 g/mol. The average molecular weight is 233 g/mol. The second-order valence-electron chi connectivity index (χ2n) is 3.31. The zero-order chi connectivity index (χ0) is 12.7. The van der Waals surface area contributed by atoms with Gasteiger partial charge in [0.2, 0.25) is 0 Å². The molecule has 0 aliphatic heterocycles. The van der Waals surface area contributed by atoms with Crippen LogP contribution in [0.15, 0.2) is 30.0 Å². The standard InChI is InChI=1S/C13H15NO3/c1-3-12(15)11(13(16)17-4-2)9-10-7-5-6-8-14-10/h5-9H,3-4H2,1-2H3. The van der Waals surface area contributed by atoms with E-state index in [4.69, 9.17) is 4.74 Å². The van der Waals surface area contributed by atoms with Gasteiger partial charge >= 0.3 is 5.97 Å². The molecule has 0 fully saturated rings. The first kappa shape index (κ1) is 13.1.